The average Bonchev–Trinajstić information content (AvgIpc) is 2.82. The van der Waals surface area contributed by atoms with Gasteiger partial charge in [-0.15, -0.1) is 0 Å². The Morgan fingerprint density at radius 1 is 1.42 bits per heavy atom. The number of nitro groups is 1. The zero-order valence-corrected chi connectivity index (χ0v) is 10.6. The molecule has 2 aliphatic rings. The van der Waals surface area contributed by atoms with Gasteiger partial charge in [-0.25, -0.2) is 0 Å². The van der Waals surface area contributed by atoms with Crippen molar-refractivity contribution in [3.63, 3.8) is 0 Å². The van der Waals surface area contributed by atoms with Crippen LogP contribution in [0.25, 0.3) is 0 Å². The number of carbonyl (C=O) groups excluding carboxylic acids is 1. The molecule has 1 saturated carbocycles. The third-order valence-corrected chi connectivity index (χ3v) is 4.06. The van der Waals surface area contributed by atoms with Gasteiger partial charge in [0.25, 0.3) is 11.6 Å². The van der Waals surface area contributed by atoms with E-state index in [0.29, 0.717) is 17.4 Å². The van der Waals surface area contributed by atoms with Crippen molar-refractivity contribution < 1.29 is 9.72 Å². The molecule has 1 amide bonds. The zero-order chi connectivity index (χ0) is 13.6. The molecule has 6 heteroatoms. The maximum Gasteiger partial charge on any atom is 0.282 e. The highest BCUT2D eigenvalue weighted by atomic mass is 16.6. The summed E-state index contributed by atoms with van der Waals surface area (Å²) in [5.74, 6) is 0.656. The van der Waals surface area contributed by atoms with Crippen LogP contribution in [0.5, 0.6) is 0 Å². The summed E-state index contributed by atoms with van der Waals surface area (Å²) in [5, 5.41) is 17.2. The Morgan fingerprint density at radius 2 is 2.11 bits per heavy atom. The molecule has 6 nitrogen and oxygen atoms in total. The molecule has 3 rings (SSSR count). The first-order valence-electron chi connectivity index (χ1n) is 6.35. The molecule has 2 atom stereocenters. The highest BCUT2D eigenvalue weighted by Crippen LogP contribution is 2.42. The minimum Gasteiger partial charge on any atom is -0.348 e. The van der Waals surface area contributed by atoms with Crippen molar-refractivity contribution in [3.05, 3.63) is 39.4 Å². The van der Waals surface area contributed by atoms with Crippen LogP contribution < -0.4 is 10.6 Å². The molecule has 1 aromatic rings. The highest BCUT2D eigenvalue weighted by molar-refractivity contribution is 6.00. The number of hydrogen-bond acceptors (Lipinski definition) is 4. The summed E-state index contributed by atoms with van der Waals surface area (Å²) in [6.07, 6.45) is 0. The van der Waals surface area contributed by atoms with E-state index >= 15 is 0 Å². The van der Waals surface area contributed by atoms with Crippen LogP contribution in [0.1, 0.15) is 15.9 Å². The number of rotatable bonds is 3. The van der Waals surface area contributed by atoms with Crippen LogP contribution in [0.2, 0.25) is 0 Å². The summed E-state index contributed by atoms with van der Waals surface area (Å²) < 4.78 is 0. The maximum atomic E-state index is 12.2. The van der Waals surface area contributed by atoms with Gasteiger partial charge in [-0.1, -0.05) is 12.1 Å². The summed E-state index contributed by atoms with van der Waals surface area (Å²) in [7, 11) is 0. The normalized spacial score (nSPS) is 27.7. The molecule has 1 aromatic carbocycles. The van der Waals surface area contributed by atoms with Crippen molar-refractivity contribution in [2.75, 3.05) is 13.1 Å². The van der Waals surface area contributed by atoms with E-state index in [2.05, 4.69) is 10.6 Å². The monoisotopic (exact) mass is 261 g/mol. The Labute approximate surface area is 110 Å². The first-order chi connectivity index (χ1) is 9.09. The Balaban J connectivity index is 1.81. The Bertz CT molecular complexity index is 548. The molecule has 1 heterocycles. The number of benzene rings is 1. The van der Waals surface area contributed by atoms with Crippen molar-refractivity contribution in [1.82, 2.24) is 10.6 Å². The number of hydrogen-bond donors (Lipinski definition) is 2. The summed E-state index contributed by atoms with van der Waals surface area (Å²) in [5.41, 5.74) is 0.697. The van der Waals surface area contributed by atoms with Crippen LogP contribution in [0, 0.1) is 28.9 Å². The summed E-state index contributed by atoms with van der Waals surface area (Å²) >= 11 is 0. The predicted molar refractivity (Wildman–Crippen MR) is 68.9 cm³/mol. The lowest BCUT2D eigenvalue weighted by Crippen LogP contribution is -2.33. The van der Waals surface area contributed by atoms with Gasteiger partial charge in [-0.2, -0.15) is 0 Å². The lowest BCUT2D eigenvalue weighted by Gasteiger charge is -2.10. The maximum absolute atomic E-state index is 12.2. The lowest BCUT2D eigenvalue weighted by atomic mass is 10.1. The van der Waals surface area contributed by atoms with Crippen LogP contribution >= 0.6 is 0 Å². The smallest absolute Gasteiger partial charge is 0.282 e. The summed E-state index contributed by atoms with van der Waals surface area (Å²) in [4.78, 5) is 22.7. The number of carbonyl (C=O) groups is 1. The number of aryl methyl sites for hydroxylation is 1. The van der Waals surface area contributed by atoms with Gasteiger partial charge in [0, 0.05) is 25.2 Å². The fraction of sp³-hybridized carbons (Fsp3) is 0.462. The molecule has 100 valence electrons. The average molecular weight is 261 g/mol. The highest BCUT2D eigenvalue weighted by Gasteiger charge is 2.53. The minimum atomic E-state index is -0.503. The first kappa shape index (κ1) is 12.1. The van der Waals surface area contributed by atoms with E-state index in [1.165, 1.54) is 6.07 Å². The van der Waals surface area contributed by atoms with Crippen molar-refractivity contribution >= 4 is 11.6 Å². The van der Waals surface area contributed by atoms with Crippen molar-refractivity contribution in [1.29, 1.82) is 0 Å². The molecule has 2 fully saturated rings. The molecule has 1 aliphatic heterocycles. The fourth-order valence-electron chi connectivity index (χ4n) is 2.96. The standard InChI is InChI=1S/C13H15N3O3/c1-7-3-2-4-10(16(18)19)11(7)13(17)15-12-8-5-14-6-9(8)12/h2-4,8-9,12,14H,5-6H2,1H3,(H,15,17). The van der Waals surface area contributed by atoms with E-state index in [1.54, 1.807) is 19.1 Å². The fourth-order valence-corrected chi connectivity index (χ4v) is 2.96. The first-order valence-corrected chi connectivity index (χ1v) is 6.35. The van der Waals surface area contributed by atoms with Gasteiger partial charge in [-0.3, -0.25) is 14.9 Å². The molecule has 0 aromatic heterocycles. The second-order valence-electron chi connectivity index (χ2n) is 5.21. The molecule has 2 N–H and O–H groups in total. The SMILES string of the molecule is Cc1cccc([N+](=O)[O-])c1C(=O)NC1C2CNCC21. The van der Waals surface area contributed by atoms with E-state index in [1.807, 2.05) is 0 Å². The van der Waals surface area contributed by atoms with Gasteiger partial charge in [0.1, 0.15) is 5.56 Å². The largest absolute Gasteiger partial charge is 0.348 e. The van der Waals surface area contributed by atoms with Crippen LogP contribution in [-0.4, -0.2) is 30.0 Å². The number of nitrogens with zero attached hydrogens (tertiary/aromatic N) is 1. The molecule has 2 unspecified atom stereocenters. The number of fused-ring (bicyclic) bond motifs is 1. The van der Waals surface area contributed by atoms with E-state index in [-0.39, 0.29) is 23.2 Å². The molecular weight excluding hydrogens is 246 g/mol. The second-order valence-corrected chi connectivity index (χ2v) is 5.21. The molecule has 0 spiro atoms. The van der Waals surface area contributed by atoms with Crippen LogP contribution in [0.3, 0.4) is 0 Å². The predicted octanol–water partition coefficient (Wildman–Crippen LogP) is 0.851. The quantitative estimate of drug-likeness (QED) is 0.624. The number of amides is 1. The lowest BCUT2D eigenvalue weighted by molar-refractivity contribution is -0.385. The minimum absolute atomic E-state index is 0.124. The van der Waals surface area contributed by atoms with Crippen LogP contribution in [0.4, 0.5) is 5.69 Å². The van der Waals surface area contributed by atoms with Gasteiger partial charge >= 0.3 is 0 Å². The van der Waals surface area contributed by atoms with Crippen molar-refractivity contribution in [2.45, 2.75) is 13.0 Å². The van der Waals surface area contributed by atoms with Gasteiger partial charge in [0.15, 0.2) is 0 Å². The van der Waals surface area contributed by atoms with Crippen molar-refractivity contribution in [2.24, 2.45) is 11.8 Å². The molecule has 0 bridgehead atoms. The second kappa shape index (κ2) is 4.31. The van der Waals surface area contributed by atoms with Crippen molar-refractivity contribution in [3.8, 4) is 0 Å². The van der Waals surface area contributed by atoms with Crippen LogP contribution in [0.15, 0.2) is 18.2 Å². The van der Waals surface area contributed by atoms with E-state index < -0.39 is 4.92 Å². The van der Waals surface area contributed by atoms with E-state index in [0.717, 1.165) is 13.1 Å². The molecular formula is C13H15N3O3. The van der Waals surface area contributed by atoms with Crippen LogP contribution in [-0.2, 0) is 0 Å². The van der Waals surface area contributed by atoms with Gasteiger partial charge in [0.05, 0.1) is 4.92 Å². The third-order valence-electron chi connectivity index (χ3n) is 4.06. The molecule has 0 radical (unpaired) electrons. The third kappa shape index (κ3) is 1.98. The number of piperidine rings is 1. The molecule has 19 heavy (non-hydrogen) atoms. The Hall–Kier alpha value is -1.95. The van der Waals surface area contributed by atoms with Gasteiger partial charge in [-0.05, 0) is 24.3 Å². The number of nitro benzene ring substituents is 1. The van der Waals surface area contributed by atoms with Gasteiger partial charge < -0.3 is 10.6 Å². The molecule has 1 saturated heterocycles. The van der Waals surface area contributed by atoms with Gasteiger partial charge in [0.2, 0.25) is 0 Å². The Kier molecular flexibility index (Phi) is 2.74. The van der Waals surface area contributed by atoms with E-state index in [4.69, 9.17) is 0 Å². The van der Waals surface area contributed by atoms with E-state index in [9.17, 15) is 14.9 Å². The summed E-state index contributed by atoms with van der Waals surface area (Å²) in [6.45, 7) is 3.56. The Morgan fingerprint density at radius 3 is 2.74 bits per heavy atom. The molecule has 1 aliphatic carbocycles. The zero-order valence-electron chi connectivity index (χ0n) is 10.6. The number of nitrogens with one attached hydrogen (secondary N) is 2. The topological polar surface area (TPSA) is 84.3 Å². The summed E-state index contributed by atoms with van der Waals surface area (Å²) in [6, 6.07) is 4.86.